The van der Waals surface area contributed by atoms with Crippen LogP contribution in [0.5, 0.6) is 5.75 Å². The lowest BCUT2D eigenvalue weighted by molar-refractivity contribution is -0.0324. The van der Waals surface area contributed by atoms with E-state index in [0.29, 0.717) is 31.3 Å². The monoisotopic (exact) mass is 371 g/mol. The van der Waals surface area contributed by atoms with Crippen molar-refractivity contribution >= 4 is 10.0 Å². The number of benzene rings is 1. The molecule has 0 unspecified atom stereocenters. The van der Waals surface area contributed by atoms with E-state index in [9.17, 15) is 8.42 Å². The van der Waals surface area contributed by atoms with Crippen LogP contribution in [0.1, 0.15) is 39.5 Å². The molecule has 0 radical (unpaired) electrons. The van der Waals surface area contributed by atoms with Gasteiger partial charge in [-0.2, -0.15) is 0 Å². The molecule has 0 spiro atoms. The molecule has 0 amide bonds. The molecule has 0 aromatic heterocycles. The molecule has 0 atom stereocenters. The first-order chi connectivity index (χ1) is 11.8. The maximum absolute atomic E-state index is 12.7. The van der Waals surface area contributed by atoms with Crippen molar-refractivity contribution in [2.24, 2.45) is 5.92 Å². The van der Waals surface area contributed by atoms with Crippen LogP contribution in [-0.4, -0.2) is 41.1 Å². The lowest BCUT2D eigenvalue weighted by Crippen LogP contribution is -2.43. The van der Waals surface area contributed by atoms with E-state index in [1.165, 1.54) is 12.8 Å². The van der Waals surface area contributed by atoms with Gasteiger partial charge in [-0.1, -0.05) is 6.07 Å². The highest BCUT2D eigenvalue weighted by Gasteiger charge is 2.26. The average Bonchev–Trinajstić information content (AvgIpc) is 3.36. The van der Waals surface area contributed by atoms with Crippen LogP contribution < -0.4 is 9.46 Å². The molecule has 25 heavy (non-hydrogen) atoms. The van der Waals surface area contributed by atoms with Crippen LogP contribution in [0.2, 0.25) is 0 Å². The van der Waals surface area contributed by atoms with Crippen molar-refractivity contribution in [2.75, 3.05) is 27.1 Å². The first-order valence-corrected chi connectivity index (χ1v) is 10.1. The van der Waals surface area contributed by atoms with Gasteiger partial charge in [0.2, 0.25) is 10.0 Å². The topological polar surface area (TPSA) is 73.9 Å². The number of ether oxygens (including phenoxy) is 3. The summed E-state index contributed by atoms with van der Waals surface area (Å²) >= 11 is 0. The molecule has 0 aliphatic heterocycles. The Hall–Kier alpha value is -1.15. The average molecular weight is 371 g/mol. The number of rotatable bonds is 12. The normalized spacial score (nSPS) is 15.3. The van der Waals surface area contributed by atoms with Gasteiger partial charge in [-0.05, 0) is 57.6 Å². The number of hydrogen-bond donors (Lipinski definition) is 1. The van der Waals surface area contributed by atoms with Crippen molar-refractivity contribution in [2.45, 2.75) is 50.0 Å². The Kier molecular flexibility index (Phi) is 7.25. The van der Waals surface area contributed by atoms with Gasteiger partial charge in [-0.15, -0.1) is 0 Å². The second-order valence-corrected chi connectivity index (χ2v) is 8.82. The summed E-state index contributed by atoms with van der Waals surface area (Å²) in [4.78, 5) is 0.226. The Morgan fingerprint density at radius 2 is 2.04 bits per heavy atom. The summed E-state index contributed by atoms with van der Waals surface area (Å²) in [6, 6.07) is 6.68. The summed E-state index contributed by atoms with van der Waals surface area (Å²) in [6.45, 7) is 5.18. The molecule has 1 aliphatic rings. The molecular weight excluding hydrogens is 342 g/mol. The highest BCUT2D eigenvalue weighted by atomic mass is 32.2. The Bertz CT molecular complexity index is 641. The van der Waals surface area contributed by atoms with E-state index in [1.54, 1.807) is 31.4 Å². The van der Waals surface area contributed by atoms with Crippen LogP contribution in [0, 0.1) is 5.92 Å². The second-order valence-electron chi connectivity index (χ2n) is 7.14. The molecular formula is C18H29NO5S. The fourth-order valence-corrected chi connectivity index (χ4v) is 3.94. The predicted molar refractivity (Wildman–Crippen MR) is 96.1 cm³/mol. The van der Waals surface area contributed by atoms with Gasteiger partial charge in [-0.25, -0.2) is 13.1 Å². The molecule has 1 saturated carbocycles. The molecule has 142 valence electrons. The van der Waals surface area contributed by atoms with Crippen LogP contribution in [-0.2, 0) is 19.5 Å². The Morgan fingerprint density at radius 3 is 2.72 bits per heavy atom. The quantitative estimate of drug-likeness (QED) is 0.452. The third-order valence-corrected chi connectivity index (χ3v) is 5.70. The summed E-state index contributed by atoms with van der Waals surface area (Å²) in [7, 11) is -2.04. The van der Waals surface area contributed by atoms with E-state index in [-0.39, 0.29) is 11.7 Å². The van der Waals surface area contributed by atoms with E-state index >= 15 is 0 Å². The van der Waals surface area contributed by atoms with Gasteiger partial charge < -0.3 is 14.2 Å². The summed E-state index contributed by atoms with van der Waals surface area (Å²) in [5.74, 6) is 1.22. The summed E-state index contributed by atoms with van der Waals surface area (Å²) in [5.41, 5.74) is -0.569. The Labute approximate surface area is 150 Å². The minimum atomic E-state index is -3.61. The molecule has 1 aliphatic carbocycles. The highest BCUT2D eigenvalue weighted by molar-refractivity contribution is 7.89. The molecule has 6 nitrogen and oxygen atoms in total. The zero-order valence-electron chi connectivity index (χ0n) is 15.3. The fraction of sp³-hybridized carbons (Fsp3) is 0.667. The number of nitrogens with one attached hydrogen (secondary N) is 1. The first kappa shape index (κ1) is 20.2. The third-order valence-electron chi connectivity index (χ3n) is 4.00. The summed E-state index contributed by atoms with van der Waals surface area (Å²) in [5, 5.41) is 0. The van der Waals surface area contributed by atoms with Gasteiger partial charge in [0, 0.05) is 25.3 Å². The van der Waals surface area contributed by atoms with E-state index < -0.39 is 15.6 Å². The molecule has 0 bridgehead atoms. The maximum atomic E-state index is 12.7. The zero-order valence-corrected chi connectivity index (χ0v) is 16.1. The lowest BCUT2D eigenvalue weighted by atomic mass is 10.0. The standard InChI is InChI=1S/C18H29NO5S/c1-18(2,10-5-11-23-14-22-3)19-25(20,21)17-7-4-6-16(12-17)24-13-15-8-9-15/h4,6-7,12,15,19H,5,8-11,13-14H2,1-3H3. The maximum Gasteiger partial charge on any atom is 0.241 e. The number of hydrogen-bond acceptors (Lipinski definition) is 5. The number of methoxy groups -OCH3 is 1. The van der Waals surface area contributed by atoms with E-state index in [4.69, 9.17) is 14.2 Å². The van der Waals surface area contributed by atoms with Crippen molar-refractivity contribution in [3.05, 3.63) is 24.3 Å². The van der Waals surface area contributed by atoms with Gasteiger partial charge in [0.1, 0.15) is 12.5 Å². The van der Waals surface area contributed by atoms with Gasteiger partial charge in [0.15, 0.2) is 0 Å². The Balaban J connectivity index is 1.91. The molecule has 1 aromatic rings. The van der Waals surface area contributed by atoms with Crippen LogP contribution >= 0.6 is 0 Å². The van der Waals surface area contributed by atoms with Crippen molar-refractivity contribution in [1.82, 2.24) is 4.72 Å². The summed E-state index contributed by atoms with van der Waals surface area (Å²) < 4.78 is 43.8. The molecule has 0 heterocycles. The van der Waals surface area contributed by atoms with Crippen LogP contribution in [0.3, 0.4) is 0 Å². The molecule has 2 rings (SSSR count). The minimum Gasteiger partial charge on any atom is -0.493 e. The smallest absolute Gasteiger partial charge is 0.241 e. The van der Waals surface area contributed by atoms with Crippen LogP contribution in [0.4, 0.5) is 0 Å². The zero-order chi connectivity index (χ0) is 18.3. The Morgan fingerprint density at radius 1 is 1.28 bits per heavy atom. The minimum absolute atomic E-state index is 0.226. The molecule has 0 saturated heterocycles. The van der Waals surface area contributed by atoms with Crippen molar-refractivity contribution in [3.63, 3.8) is 0 Å². The van der Waals surface area contributed by atoms with Gasteiger partial charge in [0.25, 0.3) is 0 Å². The second kappa shape index (κ2) is 8.98. The number of sulfonamides is 1. The van der Waals surface area contributed by atoms with Crippen molar-refractivity contribution in [3.8, 4) is 5.75 Å². The highest BCUT2D eigenvalue weighted by Crippen LogP contribution is 2.30. The van der Waals surface area contributed by atoms with Crippen LogP contribution in [0.25, 0.3) is 0 Å². The van der Waals surface area contributed by atoms with E-state index in [2.05, 4.69) is 4.72 Å². The fourth-order valence-electron chi connectivity index (χ4n) is 2.46. The molecule has 7 heteroatoms. The molecule has 1 aromatic carbocycles. The van der Waals surface area contributed by atoms with E-state index in [1.807, 2.05) is 13.8 Å². The predicted octanol–water partition coefficient (Wildman–Crippen LogP) is 2.93. The SMILES string of the molecule is COCOCCCC(C)(C)NS(=O)(=O)c1cccc(OCC2CC2)c1. The molecule has 1 fully saturated rings. The van der Waals surface area contributed by atoms with E-state index in [0.717, 1.165) is 6.42 Å². The van der Waals surface area contributed by atoms with Gasteiger partial charge >= 0.3 is 0 Å². The van der Waals surface area contributed by atoms with Gasteiger partial charge in [-0.3, -0.25) is 0 Å². The largest absolute Gasteiger partial charge is 0.493 e. The van der Waals surface area contributed by atoms with Crippen molar-refractivity contribution in [1.29, 1.82) is 0 Å². The molecule has 1 N–H and O–H groups in total. The first-order valence-electron chi connectivity index (χ1n) is 8.66. The van der Waals surface area contributed by atoms with Gasteiger partial charge in [0.05, 0.1) is 11.5 Å². The lowest BCUT2D eigenvalue weighted by Gasteiger charge is -2.26. The third kappa shape index (κ3) is 7.32. The van der Waals surface area contributed by atoms with Crippen LogP contribution in [0.15, 0.2) is 29.2 Å². The van der Waals surface area contributed by atoms with Crippen molar-refractivity contribution < 1.29 is 22.6 Å². The summed E-state index contributed by atoms with van der Waals surface area (Å²) in [6.07, 6.45) is 3.79.